The summed E-state index contributed by atoms with van der Waals surface area (Å²) in [6.45, 7) is 10.5. The number of anilines is 1. The fraction of sp³-hybridized carbons (Fsp3) is 0.542. The molecule has 7 nitrogen and oxygen atoms in total. The molecule has 1 saturated heterocycles. The molecule has 0 radical (unpaired) electrons. The zero-order valence-electron chi connectivity index (χ0n) is 18.9. The van der Waals surface area contributed by atoms with Crippen LogP contribution in [0.25, 0.3) is 0 Å². The molecule has 0 saturated carbocycles. The number of aliphatic hydroxyl groups excluding tert-OH is 1. The minimum Gasteiger partial charge on any atom is -0.391 e. The van der Waals surface area contributed by atoms with Gasteiger partial charge in [0.05, 0.1) is 34.8 Å². The van der Waals surface area contributed by atoms with Gasteiger partial charge in [0.25, 0.3) is 0 Å². The number of aliphatic hydroxyl groups is 1. The minimum atomic E-state index is -0.560. The highest BCUT2D eigenvalue weighted by molar-refractivity contribution is 5.98. The molecule has 0 spiro atoms. The van der Waals surface area contributed by atoms with Gasteiger partial charge in [-0.15, -0.1) is 0 Å². The van der Waals surface area contributed by atoms with Crippen molar-refractivity contribution in [1.29, 1.82) is 0 Å². The van der Waals surface area contributed by atoms with Crippen molar-refractivity contribution in [2.24, 2.45) is 11.0 Å². The number of para-hydroxylation sites is 1. The zero-order chi connectivity index (χ0) is 22.3. The summed E-state index contributed by atoms with van der Waals surface area (Å²) in [5.74, 6) is 0.152. The van der Waals surface area contributed by atoms with Gasteiger partial charge in [-0.25, -0.2) is 0 Å². The molecular weight excluding hydrogens is 392 g/mol. The smallest absolute Gasteiger partial charge is 0.234 e. The number of nitrogens with zero attached hydrogens (tertiary/aromatic N) is 4. The number of carbonyl (C=O) groups excluding carboxylic acids is 1. The van der Waals surface area contributed by atoms with Crippen molar-refractivity contribution in [3.63, 3.8) is 0 Å². The van der Waals surface area contributed by atoms with Crippen LogP contribution in [0.15, 0.2) is 46.0 Å². The number of aromatic nitrogens is 1. The first-order chi connectivity index (χ1) is 14.7. The lowest BCUT2D eigenvalue weighted by atomic mass is 9.90. The quantitative estimate of drug-likeness (QED) is 0.791. The molecule has 1 fully saturated rings. The molecule has 4 rings (SSSR count). The van der Waals surface area contributed by atoms with E-state index in [9.17, 15) is 9.90 Å². The average molecular weight is 425 g/mol. The molecule has 7 heteroatoms. The van der Waals surface area contributed by atoms with Crippen molar-refractivity contribution in [3.05, 3.63) is 47.9 Å². The average Bonchev–Trinajstić information content (AvgIpc) is 3.39. The van der Waals surface area contributed by atoms with Gasteiger partial charge >= 0.3 is 0 Å². The Labute approximate surface area is 183 Å². The van der Waals surface area contributed by atoms with Crippen molar-refractivity contribution in [2.45, 2.75) is 71.1 Å². The lowest BCUT2D eigenvalue weighted by molar-refractivity contribution is -0.134. The van der Waals surface area contributed by atoms with Gasteiger partial charge in [0, 0.05) is 25.5 Å². The molecule has 0 bridgehead atoms. The maximum Gasteiger partial charge on any atom is 0.234 e. The molecule has 1 N–H and O–H groups in total. The number of amides is 1. The third kappa shape index (κ3) is 4.11. The van der Waals surface area contributed by atoms with Crippen LogP contribution in [0, 0.1) is 12.8 Å². The fourth-order valence-electron chi connectivity index (χ4n) is 4.80. The molecule has 3 heterocycles. The van der Waals surface area contributed by atoms with E-state index in [-0.39, 0.29) is 23.4 Å². The van der Waals surface area contributed by atoms with Crippen LogP contribution < -0.4 is 5.01 Å². The molecule has 1 aromatic heterocycles. The molecule has 0 unspecified atom stereocenters. The predicted molar refractivity (Wildman–Crippen MR) is 120 cm³/mol. The van der Waals surface area contributed by atoms with Crippen molar-refractivity contribution in [3.8, 4) is 0 Å². The van der Waals surface area contributed by atoms with Gasteiger partial charge in [-0.1, -0.05) is 37.2 Å². The second-order valence-corrected chi connectivity index (χ2v) is 9.72. The summed E-state index contributed by atoms with van der Waals surface area (Å²) in [6, 6.07) is 11.7. The molecule has 31 heavy (non-hydrogen) atoms. The zero-order valence-corrected chi connectivity index (χ0v) is 18.9. The Bertz CT molecular complexity index is 966. The van der Waals surface area contributed by atoms with Crippen LogP contribution in [0.1, 0.15) is 57.9 Å². The lowest BCUT2D eigenvalue weighted by Gasteiger charge is -2.31. The largest absolute Gasteiger partial charge is 0.391 e. The highest BCUT2D eigenvalue weighted by Crippen LogP contribution is 2.37. The van der Waals surface area contributed by atoms with Crippen LogP contribution in [-0.2, 0) is 4.79 Å². The molecule has 2 aromatic rings. The normalized spacial score (nSPS) is 24.0. The first-order valence-electron chi connectivity index (χ1n) is 11.0. The summed E-state index contributed by atoms with van der Waals surface area (Å²) in [5.41, 5.74) is 2.51. The molecule has 1 amide bonds. The number of likely N-dealkylation sites (tertiary alicyclic amines) is 1. The fourth-order valence-corrected chi connectivity index (χ4v) is 4.80. The Morgan fingerprint density at radius 3 is 2.58 bits per heavy atom. The van der Waals surface area contributed by atoms with Crippen molar-refractivity contribution < 1.29 is 14.4 Å². The molecule has 2 aliphatic rings. The van der Waals surface area contributed by atoms with E-state index < -0.39 is 12.0 Å². The number of aryl methyl sites for hydroxylation is 1. The summed E-state index contributed by atoms with van der Waals surface area (Å²) in [5, 5.41) is 21.5. The van der Waals surface area contributed by atoms with Crippen LogP contribution in [0.4, 0.5) is 5.69 Å². The van der Waals surface area contributed by atoms with E-state index in [0.29, 0.717) is 18.7 Å². The van der Waals surface area contributed by atoms with Crippen LogP contribution in [-0.4, -0.2) is 51.0 Å². The van der Waals surface area contributed by atoms with Crippen LogP contribution in [0.5, 0.6) is 0 Å². The first kappa shape index (κ1) is 21.6. The lowest BCUT2D eigenvalue weighted by Crippen LogP contribution is -2.44. The summed E-state index contributed by atoms with van der Waals surface area (Å²) in [6.07, 6.45) is 0.676. The highest BCUT2D eigenvalue weighted by atomic mass is 16.5. The second-order valence-electron chi connectivity index (χ2n) is 9.72. The SMILES string of the molecule is Cc1cc([C@@H](C(=O)N2C[C@H](O)C[C@H]2C2=NN(c3ccccc3)C(C)(C)C2)C(C)C)on1. The van der Waals surface area contributed by atoms with Crippen molar-refractivity contribution >= 4 is 17.3 Å². The Morgan fingerprint density at radius 1 is 1.26 bits per heavy atom. The van der Waals surface area contributed by atoms with Crippen molar-refractivity contribution in [1.82, 2.24) is 10.1 Å². The molecule has 2 aliphatic heterocycles. The van der Waals surface area contributed by atoms with E-state index in [0.717, 1.165) is 23.5 Å². The predicted octanol–water partition coefficient (Wildman–Crippen LogP) is 3.73. The van der Waals surface area contributed by atoms with Gasteiger partial charge in [-0.3, -0.25) is 9.80 Å². The molecule has 1 aromatic carbocycles. The van der Waals surface area contributed by atoms with Crippen LogP contribution in [0.2, 0.25) is 0 Å². The van der Waals surface area contributed by atoms with E-state index in [4.69, 9.17) is 9.62 Å². The van der Waals surface area contributed by atoms with E-state index in [2.05, 4.69) is 19.0 Å². The summed E-state index contributed by atoms with van der Waals surface area (Å²) >= 11 is 0. The Morgan fingerprint density at radius 2 is 1.97 bits per heavy atom. The van der Waals surface area contributed by atoms with Gasteiger partial charge < -0.3 is 14.5 Å². The number of rotatable bonds is 5. The van der Waals surface area contributed by atoms with Gasteiger partial charge in [0.2, 0.25) is 5.91 Å². The van der Waals surface area contributed by atoms with Gasteiger partial charge in [-0.05, 0) is 38.8 Å². The number of β-amino-alcohol motifs (C(OH)–C–C–N with tert-alkyl or cyclic N) is 1. The highest BCUT2D eigenvalue weighted by Gasteiger charge is 2.46. The molecule has 0 aliphatic carbocycles. The van der Waals surface area contributed by atoms with Gasteiger partial charge in [-0.2, -0.15) is 5.10 Å². The van der Waals surface area contributed by atoms with Crippen molar-refractivity contribution in [2.75, 3.05) is 11.6 Å². The Kier molecular flexibility index (Phi) is 5.64. The van der Waals surface area contributed by atoms with E-state index >= 15 is 0 Å². The summed E-state index contributed by atoms with van der Waals surface area (Å²) in [4.78, 5) is 15.5. The number of benzene rings is 1. The Balaban J connectivity index is 1.64. The number of carbonyl (C=O) groups is 1. The topological polar surface area (TPSA) is 82.2 Å². The maximum absolute atomic E-state index is 13.7. The monoisotopic (exact) mass is 424 g/mol. The van der Waals surface area contributed by atoms with Gasteiger partial charge in [0.15, 0.2) is 0 Å². The standard InChI is InChI=1S/C24H32N4O3/c1-15(2)22(21-11-16(3)26-31-21)23(30)27-14-18(29)12-20(27)19-13-24(4,5)28(25-19)17-9-7-6-8-10-17/h6-11,15,18,20,22,29H,12-14H2,1-5H3/t18-,20+,22+/m1/s1. The summed E-state index contributed by atoms with van der Waals surface area (Å²) < 4.78 is 5.47. The summed E-state index contributed by atoms with van der Waals surface area (Å²) in [7, 11) is 0. The number of hydrogen-bond donors (Lipinski definition) is 1. The van der Waals surface area contributed by atoms with E-state index in [1.54, 1.807) is 4.90 Å². The second kappa shape index (κ2) is 8.11. The minimum absolute atomic E-state index is 0.0358. The third-order valence-corrected chi connectivity index (χ3v) is 6.25. The number of hydrazone groups is 1. The molecular formula is C24H32N4O3. The first-order valence-corrected chi connectivity index (χ1v) is 11.0. The van der Waals surface area contributed by atoms with Gasteiger partial charge in [0.1, 0.15) is 11.7 Å². The molecule has 166 valence electrons. The molecule has 3 atom stereocenters. The number of hydrogen-bond acceptors (Lipinski definition) is 6. The van der Waals surface area contributed by atoms with Crippen LogP contribution in [0.3, 0.4) is 0 Å². The third-order valence-electron chi connectivity index (χ3n) is 6.25. The van der Waals surface area contributed by atoms with E-state index in [1.165, 1.54) is 0 Å². The maximum atomic E-state index is 13.7. The Hall–Kier alpha value is -2.67. The van der Waals surface area contributed by atoms with Crippen LogP contribution >= 0.6 is 0 Å². The van der Waals surface area contributed by atoms with E-state index in [1.807, 2.05) is 62.2 Å².